The van der Waals surface area contributed by atoms with Crippen LogP contribution in [0.4, 0.5) is 14.5 Å². The summed E-state index contributed by atoms with van der Waals surface area (Å²) in [4.78, 5) is 7.00. The fraction of sp³-hybridized carbons (Fsp3) is 0.182. The minimum atomic E-state index is -0.505. The van der Waals surface area contributed by atoms with Gasteiger partial charge >= 0.3 is 0 Å². The molecule has 1 aromatic carbocycles. The molecule has 0 spiro atoms. The van der Waals surface area contributed by atoms with Crippen LogP contribution in [0.5, 0.6) is 0 Å². The normalized spacial score (nSPS) is 10.6. The SMILES string of the molecule is Cc1ncc(CNc2cc(F)c(Br)cc2F)[nH]1. The Kier molecular flexibility index (Phi) is 3.42. The maximum atomic E-state index is 13.5. The number of anilines is 1. The largest absolute Gasteiger partial charge is 0.377 e. The molecule has 0 saturated heterocycles. The van der Waals surface area contributed by atoms with Gasteiger partial charge in [-0.15, -0.1) is 0 Å². The average Bonchev–Trinajstić information content (AvgIpc) is 2.68. The lowest BCUT2D eigenvalue weighted by molar-refractivity contribution is 0.596. The molecular weight excluding hydrogens is 292 g/mol. The van der Waals surface area contributed by atoms with Crippen molar-refractivity contribution in [2.45, 2.75) is 13.5 Å². The topological polar surface area (TPSA) is 40.7 Å². The van der Waals surface area contributed by atoms with Crippen molar-refractivity contribution in [3.63, 3.8) is 0 Å². The lowest BCUT2D eigenvalue weighted by atomic mass is 10.3. The molecule has 0 saturated carbocycles. The predicted molar refractivity (Wildman–Crippen MR) is 64.7 cm³/mol. The number of hydrogen-bond acceptors (Lipinski definition) is 2. The number of nitrogens with zero attached hydrogens (tertiary/aromatic N) is 1. The second kappa shape index (κ2) is 4.83. The van der Waals surface area contributed by atoms with Gasteiger partial charge in [-0.2, -0.15) is 0 Å². The van der Waals surface area contributed by atoms with E-state index in [-0.39, 0.29) is 10.2 Å². The van der Waals surface area contributed by atoms with Crippen molar-refractivity contribution < 1.29 is 8.78 Å². The van der Waals surface area contributed by atoms with E-state index in [9.17, 15) is 8.78 Å². The molecule has 0 bridgehead atoms. The highest BCUT2D eigenvalue weighted by atomic mass is 79.9. The van der Waals surface area contributed by atoms with E-state index >= 15 is 0 Å². The molecule has 0 fully saturated rings. The Labute approximate surface area is 105 Å². The van der Waals surface area contributed by atoms with Crippen LogP contribution in [0.1, 0.15) is 11.5 Å². The molecule has 2 rings (SSSR count). The maximum absolute atomic E-state index is 13.5. The second-order valence-electron chi connectivity index (χ2n) is 3.59. The number of benzene rings is 1. The average molecular weight is 302 g/mol. The smallest absolute Gasteiger partial charge is 0.147 e. The Balaban J connectivity index is 2.11. The summed E-state index contributed by atoms with van der Waals surface area (Å²) in [6.07, 6.45) is 1.65. The third kappa shape index (κ3) is 2.82. The first kappa shape index (κ1) is 12.0. The highest BCUT2D eigenvalue weighted by Gasteiger charge is 2.08. The standard InChI is InChI=1S/C11H10BrF2N3/c1-6-15-4-7(17-6)5-16-11-3-9(13)8(12)2-10(11)14/h2-4,16H,5H2,1H3,(H,15,17). The van der Waals surface area contributed by atoms with Crippen molar-refractivity contribution in [1.82, 2.24) is 9.97 Å². The summed E-state index contributed by atoms with van der Waals surface area (Å²) in [5.41, 5.74) is 0.933. The molecule has 0 amide bonds. The lowest BCUT2D eigenvalue weighted by Crippen LogP contribution is -2.02. The first-order valence-electron chi connectivity index (χ1n) is 4.95. The van der Waals surface area contributed by atoms with E-state index in [1.54, 1.807) is 6.20 Å². The molecule has 17 heavy (non-hydrogen) atoms. The van der Waals surface area contributed by atoms with Gasteiger partial charge in [0.2, 0.25) is 0 Å². The van der Waals surface area contributed by atoms with E-state index in [2.05, 4.69) is 31.2 Å². The highest BCUT2D eigenvalue weighted by Crippen LogP contribution is 2.23. The Morgan fingerprint density at radius 1 is 1.35 bits per heavy atom. The Hall–Kier alpha value is -1.43. The number of aryl methyl sites for hydroxylation is 1. The zero-order valence-corrected chi connectivity index (χ0v) is 10.6. The molecule has 0 aliphatic rings. The first-order valence-corrected chi connectivity index (χ1v) is 5.74. The molecule has 0 aliphatic heterocycles. The van der Waals surface area contributed by atoms with E-state index in [1.165, 1.54) is 0 Å². The van der Waals surface area contributed by atoms with Crippen molar-refractivity contribution >= 4 is 21.6 Å². The number of nitrogens with one attached hydrogen (secondary N) is 2. The Morgan fingerprint density at radius 2 is 2.12 bits per heavy atom. The van der Waals surface area contributed by atoms with Crippen LogP contribution >= 0.6 is 15.9 Å². The minimum absolute atomic E-state index is 0.109. The molecule has 90 valence electrons. The van der Waals surface area contributed by atoms with Crippen molar-refractivity contribution in [3.05, 3.63) is 46.0 Å². The summed E-state index contributed by atoms with van der Waals surface area (Å²) in [5, 5.41) is 2.80. The van der Waals surface area contributed by atoms with Crippen molar-refractivity contribution in [3.8, 4) is 0 Å². The second-order valence-corrected chi connectivity index (χ2v) is 4.45. The van der Waals surface area contributed by atoms with Crippen molar-refractivity contribution in [1.29, 1.82) is 0 Å². The fourth-order valence-electron chi connectivity index (χ4n) is 1.41. The molecule has 3 nitrogen and oxygen atoms in total. The van der Waals surface area contributed by atoms with Gasteiger partial charge < -0.3 is 10.3 Å². The molecule has 6 heteroatoms. The van der Waals surface area contributed by atoms with Crippen LogP contribution in [0.3, 0.4) is 0 Å². The van der Waals surface area contributed by atoms with Gasteiger partial charge in [-0.1, -0.05) is 0 Å². The fourth-order valence-corrected chi connectivity index (χ4v) is 1.73. The van der Waals surface area contributed by atoms with Crippen LogP contribution in [-0.2, 0) is 6.54 Å². The van der Waals surface area contributed by atoms with Crippen molar-refractivity contribution in [2.24, 2.45) is 0 Å². The van der Waals surface area contributed by atoms with Crippen molar-refractivity contribution in [2.75, 3.05) is 5.32 Å². The summed E-state index contributed by atoms with van der Waals surface area (Å²) >= 11 is 2.92. The predicted octanol–water partition coefficient (Wildman–Crippen LogP) is 3.37. The Bertz CT molecular complexity index is 540. The van der Waals surface area contributed by atoms with Gasteiger partial charge in [0.05, 0.1) is 28.6 Å². The van der Waals surface area contributed by atoms with E-state index < -0.39 is 11.6 Å². The van der Waals surface area contributed by atoms with Gasteiger partial charge in [0, 0.05) is 6.07 Å². The van der Waals surface area contributed by atoms with Crippen LogP contribution in [0.25, 0.3) is 0 Å². The van der Waals surface area contributed by atoms with Gasteiger partial charge in [-0.3, -0.25) is 0 Å². The number of aromatic nitrogens is 2. The van der Waals surface area contributed by atoms with Crippen LogP contribution < -0.4 is 5.32 Å². The summed E-state index contributed by atoms with van der Waals surface area (Å²) < 4.78 is 26.8. The van der Waals surface area contributed by atoms with Crippen LogP contribution in [-0.4, -0.2) is 9.97 Å². The third-order valence-corrected chi connectivity index (χ3v) is 2.84. The monoisotopic (exact) mass is 301 g/mol. The van der Waals surface area contributed by atoms with E-state index in [4.69, 9.17) is 0 Å². The number of rotatable bonds is 3. The number of hydrogen-bond donors (Lipinski definition) is 2. The summed E-state index contributed by atoms with van der Waals surface area (Å²) in [6.45, 7) is 2.18. The van der Waals surface area contributed by atoms with Crippen LogP contribution in [0.15, 0.2) is 22.8 Å². The number of H-pyrrole nitrogens is 1. The van der Waals surface area contributed by atoms with Gasteiger partial charge in [-0.25, -0.2) is 13.8 Å². The molecule has 2 N–H and O–H groups in total. The van der Waals surface area contributed by atoms with E-state index in [0.717, 1.165) is 23.7 Å². The molecule has 1 aromatic heterocycles. The third-order valence-electron chi connectivity index (χ3n) is 2.23. The lowest BCUT2D eigenvalue weighted by Gasteiger charge is -2.07. The quantitative estimate of drug-likeness (QED) is 0.853. The van der Waals surface area contributed by atoms with E-state index in [0.29, 0.717) is 6.54 Å². The molecule has 0 radical (unpaired) electrons. The highest BCUT2D eigenvalue weighted by molar-refractivity contribution is 9.10. The number of aromatic amines is 1. The summed E-state index contributed by atoms with van der Waals surface area (Å²) in [6, 6.07) is 2.21. The molecule has 2 aromatic rings. The number of imidazole rings is 1. The number of halogens is 3. The molecule has 0 aliphatic carbocycles. The van der Waals surface area contributed by atoms with Gasteiger partial charge in [0.15, 0.2) is 0 Å². The zero-order valence-electron chi connectivity index (χ0n) is 9.02. The minimum Gasteiger partial charge on any atom is -0.377 e. The molecule has 0 atom stereocenters. The first-order chi connectivity index (χ1) is 8.06. The zero-order chi connectivity index (χ0) is 12.4. The summed E-state index contributed by atoms with van der Waals surface area (Å²) in [7, 11) is 0. The van der Waals surface area contributed by atoms with Gasteiger partial charge in [-0.05, 0) is 28.9 Å². The van der Waals surface area contributed by atoms with Gasteiger partial charge in [0.25, 0.3) is 0 Å². The Morgan fingerprint density at radius 3 is 2.76 bits per heavy atom. The van der Waals surface area contributed by atoms with E-state index in [1.807, 2.05) is 6.92 Å². The maximum Gasteiger partial charge on any atom is 0.147 e. The van der Waals surface area contributed by atoms with Crippen LogP contribution in [0, 0.1) is 18.6 Å². The molecular formula is C11H10BrF2N3. The molecule has 1 heterocycles. The van der Waals surface area contributed by atoms with Crippen LogP contribution in [0.2, 0.25) is 0 Å². The summed E-state index contributed by atoms with van der Waals surface area (Å²) in [5.74, 6) is -0.228. The molecule has 0 unspecified atom stereocenters. The van der Waals surface area contributed by atoms with Gasteiger partial charge in [0.1, 0.15) is 17.5 Å².